The maximum Gasteiger partial charge on any atom is 0.501 e. The van der Waals surface area contributed by atoms with Gasteiger partial charge in [-0.15, -0.1) is 0 Å². The van der Waals surface area contributed by atoms with Gasteiger partial charge in [0, 0.05) is 13.0 Å². The first-order valence-corrected chi connectivity index (χ1v) is 7.68. The first-order valence-electron chi connectivity index (χ1n) is 6.20. The Hall–Kier alpha value is -1.81. The number of anilines is 1. The van der Waals surface area contributed by atoms with Crippen LogP contribution < -0.4 is 10.6 Å². The molecule has 1 fully saturated rings. The topological polar surface area (TPSA) is 101 Å². The Bertz CT molecular complexity index is 690. The molecule has 1 aliphatic rings. The lowest BCUT2D eigenvalue weighted by Gasteiger charge is -2.26. The zero-order valence-electron chi connectivity index (χ0n) is 11.1. The highest BCUT2D eigenvalue weighted by Gasteiger charge is 2.49. The Balaban J connectivity index is 2.57. The van der Waals surface area contributed by atoms with Gasteiger partial charge in [-0.25, -0.2) is 8.42 Å². The van der Waals surface area contributed by atoms with Crippen LogP contribution in [0.2, 0.25) is 0 Å². The van der Waals surface area contributed by atoms with Crippen LogP contribution in [0.3, 0.4) is 0 Å². The molecule has 0 saturated carbocycles. The van der Waals surface area contributed by atoms with Crippen molar-refractivity contribution in [2.24, 2.45) is 5.73 Å². The van der Waals surface area contributed by atoms with Crippen LogP contribution in [0.15, 0.2) is 29.2 Å². The quantitative estimate of drug-likeness (QED) is 0.831. The van der Waals surface area contributed by atoms with Gasteiger partial charge < -0.3 is 15.7 Å². The number of hydrogen-bond donors (Lipinski definition) is 2. The van der Waals surface area contributed by atoms with Crippen LogP contribution in [0.1, 0.15) is 6.42 Å². The fourth-order valence-electron chi connectivity index (χ4n) is 2.40. The monoisotopic (exact) mass is 338 g/mol. The zero-order chi connectivity index (χ0) is 16.7. The summed E-state index contributed by atoms with van der Waals surface area (Å²) in [4.78, 5) is 11.5. The van der Waals surface area contributed by atoms with Crippen LogP contribution >= 0.6 is 0 Å². The SMILES string of the molecule is NC(=O)[C@H]1C[C@@H](O)CN1c1ccccc1S(=O)(=O)C(F)(F)F. The molecule has 1 aromatic carbocycles. The van der Waals surface area contributed by atoms with Gasteiger partial charge in [-0.2, -0.15) is 13.2 Å². The van der Waals surface area contributed by atoms with E-state index in [0.29, 0.717) is 0 Å². The number of sulfone groups is 1. The Morgan fingerprint density at radius 3 is 2.45 bits per heavy atom. The van der Waals surface area contributed by atoms with E-state index in [-0.39, 0.29) is 18.7 Å². The molecule has 3 N–H and O–H groups in total. The second-order valence-corrected chi connectivity index (χ2v) is 6.79. The molecular formula is C12H13F3N2O4S. The van der Waals surface area contributed by atoms with Crippen LogP contribution in [0.5, 0.6) is 0 Å². The van der Waals surface area contributed by atoms with Gasteiger partial charge in [-0.05, 0) is 12.1 Å². The van der Waals surface area contributed by atoms with Gasteiger partial charge in [0.15, 0.2) is 0 Å². The molecule has 6 nitrogen and oxygen atoms in total. The number of amides is 1. The average Bonchev–Trinajstić information content (AvgIpc) is 2.79. The van der Waals surface area contributed by atoms with Crippen molar-refractivity contribution in [1.82, 2.24) is 0 Å². The summed E-state index contributed by atoms with van der Waals surface area (Å²) in [5, 5.41) is 9.61. The van der Waals surface area contributed by atoms with Crippen molar-refractivity contribution in [3.05, 3.63) is 24.3 Å². The summed E-state index contributed by atoms with van der Waals surface area (Å²) in [7, 11) is -5.59. The van der Waals surface area contributed by atoms with Crippen molar-refractivity contribution in [3.63, 3.8) is 0 Å². The van der Waals surface area contributed by atoms with E-state index in [1.54, 1.807) is 0 Å². The van der Waals surface area contributed by atoms with E-state index in [1.807, 2.05) is 0 Å². The lowest BCUT2D eigenvalue weighted by Crippen LogP contribution is -2.41. The number of nitrogens with zero attached hydrogens (tertiary/aromatic N) is 1. The van der Waals surface area contributed by atoms with Crippen LogP contribution in [0, 0.1) is 0 Å². The number of para-hydroxylation sites is 1. The molecular weight excluding hydrogens is 325 g/mol. The molecule has 1 aromatic rings. The molecule has 122 valence electrons. The van der Waals surface area contributed by atoms with Crippen molar-refractivity contribution in [2.75, 3.05) is 11.4 Å². The largest absolute Gasteiger partial charge is 0.501 e. The zero-order valence-corrected chi connectivity index (χ0v) is 11.9. The Labute approximate surface area is 124 Å². The maximum atomic E-state index is 12.8. The number of halogens is 3. The molecule has 0 unspecified atom stereocenters. The maximum absolute atomic E-state index is 12.8. The summed E-state index contributed by atoms with van der Waals surface area (Å²) in [6.07, 6.45) is -1.06. The van der Waals surface area contributed by atoms with Gasteiger partial charge in [0.2, 0.25) is 5.91 Å². The van der Waals surface area contributed by atoms with Gasteiger partial charge in [0.25, 0.3) is 9.84 Å². The van der Waals surface area contributed by atoms with Crippen molar-refractivity contribution in [2.45, 2.75) is 29.0 Å². The number of nitrogens with two attached hydrogens (primary N) is 1. The highest BCUT2D eigenvalue weighted by molar-refractivity contribution is 7.92. The summed E-state index contributed by atoms with van der Waals surface area (Å²) in [6.45, 7) is -0.183. The number of benzene rings is 1. The van der Waals surface area contributed by atoms with Gasteiger partial charge in [-0.1, -0.05) is 12.1 Å². The molecule has 1 aliphatic heterocycles. The number of β-amino-alcohol motifs (C(OH)–C–C–N with tert-alkyl or cyclic N) is 1. The van der Waals surface area contributed by atoms with Crippen molar-refractivity contribution >= 4 is 21.4 Å². The molecule has 0 aromatic heterocycles. The lowest BCUT2D eigenvalue weighted by atomic mass is 10.2. The molecule has 1 amide bonds. The van der Waals surface area contributed by atoms with Crippen molar-refractivity contribution in [3.8, 4) is 0 Å². The first kappa shape index (κ1) is 16.6. The summed E-state index contributed by atoms with van der Waals surface area (Å²) >= 11 is 0. The van der Waals surface area contributed by atoms with E-state index < -0.39 is 38.3 Å². The van der Waals surface area contributed by atoms with E-state index >= 15 is 0 Å². The van der Waals surface area contributed by atoms with Gasteiger partial charge in [-0.3, -0.25) is 4.79 Å². The number of alkyl halides is 3. The van der Waals surface area contributed by atoms with Crippen LogP contribution in [0.4, 0.5) is 18.9 Å². The second-order valence-electron chi connectivity index (χ2n) is 4.88. The lowest BCUT2D eigenvalue weighted by molar-refractivity contribution is -0.119. The fraction of sp³-hybridized carbons (Fsp3) is 0.417. The van der Waals surface area contributed by atoms with Gasteiger partial charge in [0.1, 0.15) is 6.04 Å². The molecule has 2 rings (SSSR count). The molecule has 0 spiro atoms. The highest BCUT2D eigenvalue weighted by Crippen LogP contribution is 2.38. The normalized spacial score (nSPS) is 22.8. The predicted octanol–water partition coefficient (Wildman–Crippen LogP) is 0.405. The Morgan fingerprint density at radius 2 is 1.91 bits per heavy atom. The van der Waals surface area contributed by atoms with Gasteiger partial charge in [0.05, 0.1) is 16.7 Å². The number of aliphatic hydroxyl groups is 1. The summed E-state index contributed by atoms with van der Waals surface area (Å²) in [5.41, 5.74) is -0.605. The Morgan fingerprint density at radius 1 is 1.32 bits per heavy atom. The van der Waals surface area contributed by atoms with Crippen molar-refractivity contribution < 1.29 is 31.5 Å². The third-order valence-corrected chi connectivity index (χ3v) is 4.91. The molecule has 2 atom stereocenters. The van der Waals surface area contributed by atoms with Crippen LogP contribution in [-0.2, 0) is 14.6 Å². The smallest absolute Gasteiger partial charge is 0.391 e. The van der Waals surface area contributed by atoms with Crippen LogP contribution in [0.25, 0.3) is 0 Å². The fourth-order valence-corrected chi connectivity index (χ4v) is 3.36. The number of hydrogen-bond acceptors (Lipinski definition) is 5. The predicted molar refractivity (Wildman–Crippen MR) is 70.6 cm³/mol. The van der Waals surface area contributed by atoms with Crippen molar-refractivity contribution in [1.29, 1.82) is 0 Å². The number of primary amides is 1. The number of carbonyl (C=O) groups is 1. The molecule has 1 saturated heterocycles. The molecule has 0 aliphatic carbocycles. The molecule has 0 radical (unpaired) electrons. The summed E-state index contributed by atoms with van der Waals surface area (Å²) < 4.78 is 61.6. The molecule has 22 heavy (non-hydrogen) atoms. The summed E-state index contributed by atoms with van der Waals surface area (Å²) in [5.74, 6) is -0.851. The minimum Gasteiger partial charge on any atom is -0.391 e. The van der Waals surface area contributed by atoms with Crippen LogP contribution in [-0.4, -0.2) is 43.6 Å². The number of carbonyl (C=O) groups excluding carboxylic acids is 1. The van der Waals surface area contributed by atoms with E-state index in [4.69, 9.17) is 5.73 Å². The number of rotatable bonds is 3. The van der Waals surface area contributed by atoms with Gasteiger partial charge >= 0.3 is 5.51 Å². The minimum atomic E-state index is -5.59. The third-order valence-electron chi connectivity index (χ3n) is 3.38. The Kier molecular flexibility index (Phi) is 4.09. The van der Waals surface area contributed by atoms with E-state index in [2.05, 4.69) is 0 Å². The number of aliphatic hydroxyl groups excluding tert-OH is 1. The molecule has 0 bridgehead atoms. The molecule has 10 heteroatoms. The standard InChI is InChI=1S/C12H13F3N2O4S/c13-12(14,15)22(20,21)10-4-2-1-3-8(10)17-6-7(18)5-9(17)11(16)19/h1-4,7,9,18H,5-6H2,(H2,16,19)/t7-,9-/m1/s1. The average molecular weight is 338 g/mol. The first-order chi connectivity index (χ1) is 10.1. The highest BCUT2D eigenvalue weighted by atomic mass is 32.2. The minimum absolute atomic E-state index is 0.0737. The molecule has 1 heterocycles. The third kappa shape index (κ3) is 2.75. The summed E-state index contributed by atoms with van der Waals surface area (Å²) in [6, 6.07) is 3.37. The van der Waals surface area contributed by atoms with E-state index in [1.165, 1.54) is 6.07 Å². The second kappa shape index (κ2) is 5.43. The van der Waals surface area contributed by atoms with E-state index in [9.17, 15) is 31.5 Å². The van der Waals surface area contributed by atoms with E-state index in [0.717, 1.165) is 23.1 Å².